The molecule has 1 saturated heterocycles. The number of aliphatic hydroxyl groups is 1. The van der Waals surface area contributed by atoms with E-state index in [2.05, 4.69) is 4.90 Å². The summed E-state index contributed by atoms with van der Waals surface area (Å²) < 4.78 is 0. The number of likely N-dealkylation sites (N-methyl/N-ethyl adjacent to an activating group) is 1. The molecule has 1 aliphatic heterocycles. The number of thiophene rings is 1. The van der Waals surface area contributed by atoms with E-state index in [9.17, 15) is 15.2 Å². The average molecular weight is 299 g/mol. The summed E-state index contributed by atoms with van der Waals surface area (Å²) in [6.07, 6.45) is 1.82. The molecule has 1 N–H and O–H groups in total. The van der Waals surface area contributed by atoms with Gasteiger partial charge in [0.15, 0.2) is 5.00 Å². The fourth-order valence-corrected chi connectivity index (χ4v) is 3.45. The molecule has 0 radical (unpaired) electrons. The molecule has 0 aromatic carbocycles. The Morgan fingerprint density at radius 2 is 2.20 bits per heavy atom. The minimum absolute atomic E-state index is 0.0924. The van der Waals surface area contributed by atoms with Crippen molar-refractivity contribution in [3.05, 3.63) is 21.1 Å². The molecule has 0 amide bonds. The van der Waals surface area contributed by atoms with E-state index in [1.807, 2.05) is 11.9 Å². The first-order chi connectivity index (χ1) is 9.49. The summed E-state index contributed by atoms with van der Waals surface area (Å²) in [6, 6.07) is 1.48. The normalized spacial score (nSPS) is 17.4. The topological polar surface area (TPSA) is 69.8 Å². The smallest absolute Gasteiger partial charge is 0.304 e. The number of likely N-dealkylation sites (tertiary alicyclic amines) is 1. The molecule has 0 aliphatic carbocycles. The van der Waals surface area contributed by atoms with Crippen LogP contribution in [-0.4, -0.2) is 48.2 Å². The van der Waals surface area contributed by atoms with Gasteiger partial charge < -0.3 is 14.9 Å². The van der Waals surface area contributed by atoms with E-state index in [0.717, 1.165) is 26.2 Å². The van der Waals surface area contributed by atoms with Crippen molar-refractivity contribution in [1.82, 2.24) is 4.90 Å². The second-order valence-corrected chi connectivity index (χ2v) is 6.30. The van der Waals surface area contributed by atoms with Gasteiger partial charge in [0.25, 0.3) is 0 Å². The highest BCUT2D eigenvalue weighted by molar-refractivity contribution is 7.16. The van der Waals surface area contributed by atoms with Crippen LogP contribution in [0.15, 0.2) is 6.07 Å². The first-order valence-corrected chi connectivity index (χ1v) is 7.70. The predicted molar refractivity (Wildman–Crippen MR) is 80.6 cm³/mol. The largest absolute Gasteiger partial charge is 0.388 e. The van der Waals surface area contributed by atoms with E-state index >= 15 is 0 Å². The highest BCUT2D eigenvalue weighted by atomic mass is 32.1. The lowest BCUT2D eigenvalue weighted by molar-refractivity contribution is -0.383. The van der Waals surface area contributed by atoms with Crippen LogP contribution >= 0.6 is 11.3 Å². The van der Waals surface area contributed by atoms with E-state index in [0.29, 0.717) is 9.88 Å². The zero-order valence-electron chi connectivity index (χ0n) is 11.9. The maximum absolute atomic E-state index is 11.1. The molecule has 1 atom stereocenters. The number of hydrogen-bond donors (Lipinski definition) is 1. The van der Waals surface area contributed by atoms with Crippen molar-refractivity contribution < 1.29 is 10.0 Å². The molecule has 2 rings (SSSR count). The summed E-state index contributed by atoms with van der Waals surface area (Å²) >= 11 is 1.30. The molecule has 1 unspecified atom stereocenters. The third-order valence-electron chi connectivity index (χ3n) is 3.62. The van der Waals surface area contributed by atoms with Gasteiger partial charge in [0, 0.05) is 31.1 Å². The van der Waals surface area contributed by atoms with Crippen molar-refractivity contribution in [2.75, 3.05) is 38.1 Å². The van der Waals surface area contributed by atoms with Gasteiger partial charge in [-0.25, -0.2) is 0 Å². The standard InChI is InChI=1S/C13H21N3O3S/c1-10(17)12-9-11(16(18)19)13(20-12)14(2)7-8-15-5-3-4-6-15/h9-10,17H,3-8H2,1-2H3. The summed E-state index contributed by atoms with van der Waals surface area (Å²) in [5, 5.41) is 21.3. The van der Waals surface area contributed by atoms with Crippen molar-refractivity contribution >= 4 is 22.0 Å². The summed E-state index contributed by atoms with van der Waals surface area (Å²) in [5.41, 5.74) is 0.0924. The lowest BCUT2D eigenvalue weighted by Gasteiger charge is -2.21. The molecule has 1 fully saturated rings. The van der Waals surface area contributed by atoms with Crippen LogP contribution in [0.25, 0.3) is 0 Å². The SMILES string of the molecule is CC(O)c1cc([N+](=O)[O-])c(N(C)CCN2CCCC2)s1. The lowest BCUT2D eigenvalue weighted by Crippen LogP contribution is -2.31. The Morgan fingerprint density at radius 1 is 1.55 bits per heavy atom. The first-order valence-electron chi connectivity index (χ1n) is 6.88. The Kier molecular flexibility index (Phi) is 4.95. The van der Waals surface area contributed by atoms with Crippen LogP contribution in [0.4, 0.5) is 10.7 Å². The van der Waals surface area contributed by atoms with Crippen LogP contribution in [0.3, 0.4) is 0 Å². The first kappa shape index (κ1) is 15.2. The van der Waals surface area contributed by atoms with Gasteiger partial charge in [-0.3, -0.25) is 10.1 Å². The Bertz CT molecular complexity index is 469. The molecular weight excluding hydrogens is 278 g/mol. The molecule has 7 heteroatoms. The number of aliphatic hydroxyl groups excluding tert-OH is 1. The number of anilines is 1. The molecule has 2 heterocycles. The van der Waals surface area contributed by atoms with E-state index in [1.165, 1.54) is 30.2 Å². The fraction of sp³-hybridized carbons (Fsp3) is 0.692. The van der Waals surface area contributed by atoms with Crippen LogP contribution < -0.4 is 4.90 Å². The summed E-state index contributed by atoms with van der Waals surface area (Å²) in [5.74, 6) is 0. The summed E-state index contributed by atoms with van der Waals surface area (Å²) in [7, 11) is 1.88. The van der Waals surface area contributed by atoms with E-state index in [4.69, 9.17) is 0 Å². The number of nitrogens with zero attached hydrogens (tertiary/aromatic N) is 3. The predicted octanol–water partition coefficient (Wildman–Crippen LogP) is 2.24. The van der Waals surface area contributed by atoms with Crippen molar-refractivity contribution in [1.29, 1.82) is 0 Å². The minimum atomic E-state index is -0.667. The second kappa shape index (κ2) is 6.51. The maximum atomic E-state index is 11.1. The van der Waals surface area contributed by atoms with Crippen LogP contribution in [-0.2, 0) is 0 Å². The zero-order valence-corrected chi connectivity index (χ0v) is 12.7. The van der Waals surface area contributed by atoms with Crippen molar-refractivity contribution in [3.8, 4) is 0 Å². The molecular formula is C13H21N3O3S. The maximum Gasteiger partial charge on any atom is 0.304 e. The summed E-state index contributed by atoms with van der Waals surface area (Å²) in [6.45, 7) is 5.57. The van der Waals surface area contributed by atoms with Gasteiger partial charge in [-0.15, -0.1) is 11.3 Å². The molecule has 0 spiro atoms. The molecule has 1 aliphatic rings. The van der Waals surface area contributed by atoms with E-state index in [1.54, 1.807) is 6.92 Å². The quantitative estimate of drug-likeness (QED) is 0.644. The number of hydrogen-bond acceptors (Lipinski definition) is 6. The van der Waals surface area contributed by atoms with Crippen LogP contribution in [0.5, 0.6) is 0 Å². The van der Waals surface area contributed by atoms with Gasteiger partial charge in [0.2, 0.25) is 0 Å². The fourth-order valence-electron chi connectivity index (χ4n) is 2.40. The number of rotatable bonds is 6. The van der Waals surface area contributed by atoms with Crippen molar-refractivity contribution in [2.45, 2.75) is 25.9 Å². The second-order valence-electron chi connectivity index (χ2n) is 5.24. The summed E-state index contributed by atoms with van der Waals surface area (Å²) in [4.78, 5) is 15.7. The molecule has 1 aromatic rings. The Balaban J connectivity index is 2.06. The van der Waals surface area contributed by atoms with Crippen LogP contribution in [0, 0.1) is 10.1 Å². The molecule has 1 aromatic heterocycles. The van der Waals surface area contributed by atoms with Gasteiger partial charge in [-0.05, 0) is 32.9 Å². The van der Waals surface area contributed by atoms with Crippen molar-refractivity contribution in [2.24, 2.45) is 0 Å². The molecule has 6 nitrogen and oxygen atoms in total. The van der Waals surface area contributed by atoms with E-state index < -0.39 is 6.10 Å². The molecule has 0 saturated carbocycles. The third kappa shape index (κ3) is 3.47. The lowest BCUT2D eigenvalue weighted by atomic mass is 10.3. The van der Waals surface area contributed by atoms with Gasteiger partial charge >= 0.3 is 5.69 Å². The molecule has 0 bridgehead atoms. The van der Waals surface area contributed by atoms with Gasteiger partial charge in [-0.1, -0.05) is 0 Å². The van der Waals surface area contributed by atoms with Gasteiger partial charge in [0.05, 0.1) is 11.0 Å². The Morgan fingerprint density at radius 3 is 2.75 bits per heavy atom. The highest BCUT2D eigenvalue weighted by Gasteiger charge is 2.24. The zero-order chi connectivity index (χ0) is 14.7. The third-order valence-corrected chi connectivity index (χ3v) is 5.03. The molecule has 112 valence electrons. The monoisotopic (exact) mass is 299 g/mol. The number of nitro groups is 1. The average Bonchev–Trinajstić information content (AvgIpc) is 3.04. The highest BCUT2D eigenvalue weighted by Crippen LogP contribution is 2.39. The van der Waals surface area contributed by atoms with Crippen molar-refractivity contribution in [3.63, 3.8) is 0 Å². The van der Waals surface area contributed by atoms with Gasteiger partial charge in [-0.2, -0.15) is 0 Å². The Hall–Kier alpha value is -1.18. The minimum Gasteiger partial charge on any atom is -0.388 e. The van der Waals surface area contributed by atoms with Crippen LogP contribution in [0.2, 0.25) is 0 Å². The van der Waals surface area contributed by atoms with Crippen LogP contribution in [0.1, 0.15) is 30.7 Å². The molecule has 20 heavy (non-hydrogen) atoms. The Labute approximate surface area is 122 Å². The van der Waals surface area contributed by atoms with Gasteiger partial charge in [0.1, 0.15) is 0 Å². The van der Waals surface area contributed by atoms with E-state index in [-0.39, 0.29) is 10.6 Å².